The second-order valence-electron chi connectivity index (χ2n) is 4.17. The molecule has 8 heteroatoms. The van der Waals surface area contributed by atoms with Gasteiger partial charge in [0.1, 0.15) is 5.82 Å². The van der Waals surface area contributed by atoms with E-state index in [4.69, 9.17) is 16.7 Å². The number of primary sulfonamides is 1. The molecule has 0 atom stereocenters. The number of hydrogen-bond donors (Lipinski definition) is 2. The van der Waals surface area contributed by atoms with Crippen molar-refractivity contribution >= 4 is 27.3 Å². The Labute approximate surface area is 122 Å². The van der Waals surface area contributed by atoms with Crippen molar-refractivity contribution in [1.29, 1.82) is 0 Å². The van der Waals surface area contributed by atoms with Crippen LogP contribution in [0.1, 0.15) is 12.7 Å². The predicted molar refractivity (Wildman–Crippen MR) is 78.1 cm³/mol. The summed E-state index contributed by atoms with van der Waals surface area (Å²) >= 11 is 6.03. The topological polar surface area (TPSA) is 90.0 Å². The summed E-state index contributed by atoms with van der Waals surface area (Å²) in [6, 6.07) is 4.28. The summed E-state index contributed by atoms with van der Waals surface area (Å²) in [5, 5.41) is 8.59. The first-order chi connectivity index (χ1) is 9.41. The van der Waals surface area contributed by atoms with Crippen molar-refractivity contribution in [2.24, 2.45) is 5.14 Å². The third-order valence-electron chi connectivity index (χ3n) is 2.85. The van der Waals surface area contributed by atoms with Gasteiger partial charge in [-0.25, -0.2) is 18.5 Å². The average molecular weight is 315 g/mol. The summed E-state index contributed by atoms with van der Waals surface area (Å²) in [4.78, 5) is 4.23. The third-order valence-corrected chi connectivity index (χ3v) is 4.09. The van der Waals surface area contributed by atoms with Crippen LogP contribution in [0, 0.1) is 0 Å². The maximum absolute atomic E-state index is 11.3. The first-order valence-corrected chi connectivity index (χ1v) is 7.90. The maximum atomic E-state index is 11.3. The molecule has 20 heavy (non-hydrogen) atoms. The Morgan fingerprint density at radius 3 is 2.85 bits per heavy atom. The number of halogens is 1. The lowest BCUT2D eigenvalue weighted by Crippen LogP contribution is -2.13. The van der Waals surface area contributed by atoms with Crippen LogP contribution in [0.5, 0.6) is 0 Å². The van der Waals surface area contributed by atoms with E-state index in [0.717, 1.165) is 12.4 Å². The molecule has 6 nitrogen and oxygen atoms in total. The van der Waals surface area contributed by atoms with Gasteiger partial charge < -0.3 is 9.88 Å². The summed E-state index contributed by atoms with van der Waals surface area (Å²) in [5.41, 5.74) is 0.504. The lowest BCUT2D eigenvalue weighted by molar-refractivity contribution is 0.598. The molecule has 1 aromatic carbocycles. The van der Waals surface area contributed by atoms with Gasteiger partial charge in [-0.3, -0.25) is 0 Å². The van der Waals surface area contributed by atoms with Crippen molar-refractivity contribution < 1.29 is 8.42 Å². The molecule has 0 radical (unpaired) electrons. The molecule has 0 aliphatic heterocycles. The van der Waals surface area contributed by atoms with Crippen LogP contribution in [-0.4, -0.2) is 18.0 Å². The number of imidazole rings is 1. The third kappa shape index (κ3) is 3.30. The van der Waals surface area contributed by atoms with Crippen LogP contribution in [-0.2, 0) is 23.1 Å². The fraction of sp³-hybridized carbons (Fsp3) is 0.250. The van der Waals surface area contributed by atoms with E-state index in [1.807, 2.05) is 17.7 Å². The highest BCUT2D eigenvalue weighted by atomic mass is 35.5. The number of aryl methyl sites for hydroxylation is 1. The van der Waals surface area contributed by atoms with Gasteiger partial charge in [-0.1, -0.05) is 11.6 Å². The molecule has 2 aromatic rings. The van der Waals surface area contributed by atoms with Crippen LogP contribution in [0.4, 0.5) is 5.69 Å². The fourth-order valence-electron chi connectivity index (χ4n) is 1.79. The minimum Gasteiger partial charge on any atom is -0.377 e. The van der Waals surface area contributed by atoms with Crippen LogP contribution in [0.2, 0.25) is 5.02 Å². The number of aromatic nitrogens is 2. The van der Waals surface area contributed by atoms with E-state index in [0.29, 0.717) is 17.3 Å². The number of nitrogens with zero attached hydrogens (tertiary/aromatic N) is 2. The van der Waals surface area contributed by atoms with E-state index in [9.17, 15) is 8.42 Å². The molecular weight excluding hydrogens is 300 g/mol. The van der Waals surface area contributed by atoms with E-state index >= 15 is 0 Å². The molecule has 0 aliphatic rings. The molecule has 0 fully saturated rings. The number of anilines is 1. The van der Waals surface area contributed by atoms with Gasteiger partial charge in [0.05, 0.1) is 22.2 Å². The first kappa shape index (κ1) is 14.8. The summed E-state index contributed by atoms with van der Waals surface area (Å²) in [6.07, 6.45) is 3.59. The SMILES string of the molecule is CCn1ccnc1CNc1cc(S(N)(=O)=O)ccc1Cl. The molecule has 0 spiro atoms. The monoisotopic (exact) mass is 314 g/mol. The molecule has 0 aliphatic carbocycles. The van der Waals surface area contributed by atoms with Crippen LogP contribution >= 0.6 is 11.6 Å². The molecule has 0 saturated heterocycles. The van der Waals surface area contributed by atoms with Crippen molar-refractivity contribution in [3.63, 3.8) is 0 Å². The zero-order chi connectivity index (χ0) is 14.8. The summed E-state index contributed by atoms with van der Waals surface area (Å²) in [6.45, 7) is 3.26. The van der Waals surface area contributed by atoms with Gasteiger partial charge in [-0.2, -0.15) is 0 Å². The Balaban J connectivity index is 2.21. The van der Waals surface area contributed by atoms with Gasteiger partial charge in [-0.15, -0.1) is 0 Å². The van der Waals surface area contributed by atoms with E-state index in [1.165, 1.54) is 18.2 Å². The highest BCUT2D eigenvalue weighted by molar-refractivity contribution is 7.89. The lowest BCUT2D eigenvalue weighted by Gasteiger charge is -2.10. The number of sulfonamides is 1. The molecule has 108 valence electrons. The highest BCUT2D eigenvalue weighted by Gasteiger charge is 2.11. The summed E-state index contributed by atoms with van der Waals surface area (Å²) in [5.74, 6) is 0.838. The quantitative estimate of drug-likeness (QED) is 0.880. The van der Waals surface area contributed by atoms with E-state index < -0.39 is 10.0 Å². The number of nitrogens with one attached hydrogen (secondary N) is 1. The minimum atomic E-state index is -3.75. The standard InChI is InChI=1S/C12H15ClN4O2S/c1-2-17-6-5-15-12(17)8-16-11-7-9(20(14,18)19)3-4-10(11)13/h3-7,16H,2,8H2,1H3,(H2,14,18,19). The number of rotatable bonds is 5. The summed E-state index contributed by atoms with van der Waals surface area (Å²) in [7, 11) is -3.75. The molecule has 1 heterocycles. The van der Waals surface area contributed by atoms with Crippen molar-refractivity contribution in [2.75, 3.05) is 5.32 Å². The zero-order valence-corrected chi connectivity index (χ0v) is 12.4. The normalized spacial score (nSPS) is 11.6. The Morgan fingerprint density at radius 1 is 1.45 bits per heavy atom. The van der Waals surface area contributed by atoms with Crippen LogP contribution in [0.3, 0.4) is 0 Å². The van der Waals surface area contributed by atoms with Crippen molar-refractivity contribution in [2.45, 2.75) is 24.9 Å². The summed E-state index contributed by atoms with van der Waals surface area (Å²) < 4.78 is 24.6. The first-order valence-electron chi connectivity index (χ1n) is 5.98. The molecule has 1 aromatic heterocycles. The lowest BCUT2D eigenvalue weighted by atomic mass is 10.3. The molecular formula is C12H15ClN4O2S. The van der Waals surface area contributed by atoms with Gasteiger partial charge >= 0.3 is 0 Å². The number of hydrogen-bond acceptors (Lipinski definition) is 4. The smallest absolute Gasteiger partial charge is 0.238 e. The zero-order valence-electron chi connectivity index (χ0n) is 10.9. The molecule has 0 saturated carbocycles. The second kappa shape index (κ2) is 5.82. The van der Waals surface area contributed by atoms with Gasteiger partial charge in [0, 0.05) is 18.9 Å². The Hall–Kier alpha value is -1.57. The van der Waals surface area contributed by atoms with Crippen molar-refractivity contribution in [1.82, 2.24) is 9.55 Å². The van der Waals surface area contributed by atoms with E-state index in [2.05, 4.69) is 10.3 Å². The molecule has 2 rings (SSSR count). The Kier molecular flexibility index (Phi) is 4.32. The Morgan fingerprint density at radius 2 is 2.20 bits per heavy atom. The van der Waals surface area contributed by atoms with Crippen molar-refractivity contribution in [3.05, 3.63) is 41.4 Å². The fourth-order valence-corrected chi connectivity index (χ4v) is 2.51. The van der Waals surface area contributed by atoms with Crippen molar-refractivity contribution in [3.8, 4) is 0 Å². The molecule has 0 unspecified atom stereocenters. The second-order valence-corrected chi connectivity index (χ2v) is 6.14. The van der Waals surface area contributed by atoms with E-state index in [1.54, 1.807) is 6.20 Å². The largest absolute Gasteiger partial charge is 0.377 e. The predicted octanol–water partition coefficient (Wildman–Crippen LogP) is 1.82. The average Bonchev–Trinajstić information content (AvgIpc) is 2.83. The highest BCUT2D eigenvalue weighted by Crippen LogP contribution is 2.25. The van der Waals surface area contributed by atoms with Gasteiger partial charge in [0.2, 0.25) is 10.0 Å². The maximum Gasteiger partial charge on any atom is 0.238 e. The minimum absolute atomic E-state index is 0.0169. The molecule has 0 amide bonds. The number of benzene rings is 1. The van der Waals surface area contributed by atoms with E-state index in [-0.39, 0.29) is 4.90 Å². The van der Waals surface area contributed by atoms with Crippen LogP contribution in [0.15, 0.2) is 35.5 Å². The number of nitrogens with two attached hydrogens (primary N) is 1. The van der Waals surface area contributed by atoms with Crippen LogP contribution in [0.25, 0.3) is 0 Å². The molecule has 0 bridgehead atoms. The van der Waals surface area contributed by atoms with Gasteiger partial charge in [0.15, 0.2) is 0 Å². The van der Waals surface area contributed by atoms with Gasteiger partial charge in [-0.05, 0) is 25.1 Å². The molecule has 3 N–H and O–H groups in total. The van der Waals surface area contributed by atoms with Crippen LogP contribution < -0.4 is 10.5 Å². The Bertz CT molecular complexity index is 712. The van der Waals surface area contributed by atoms with Gasteiger partial charge in [0.25, 0.3) is 0 Å².